The van der Waals surface area contributed by atoms with E-state index in [4.69, 9.17) is 9.47 Å². The van der Waals surface area contributed by atoms with E-state index in [1.54, 1.807) is 4.90 Å². The molecule has 31 heavy (non-hydrogen) atoms. The predicted octanol–water partition coefficient (Wildman–Crippen LogP) is 2.97. The molecule has 7 nitrogen and oxygen atoms in total. The predicted molar refractivity (Wildman–Crippen MR) is 115 cm³/mol. The lowest BCUT2D eigenvalue weighted by Gasteiger charge is -2.33. The Morgan fingerprint density at radius 2 is 1.81 bits per heavy atom. The second kappa shape index (κ2) is 9.97. The third kappa shape index (κ3) is 6.83. The highest BCUT2D eigenvalue weighted by atomic mass is 16.6. The zero-order chi connectivity index (χ0) is 22.4. The molecule has 1 aromatic carbocycles. The molecular weight excluding hydrogens is 396 g/mol. The van der Waals surface area contributed by atoms with Gasteiger partial charge < -0.3 is 14.4 Å². The Kier molecular flexibility index (Phi) is 7.34. The average molecular weight is 427 g/mol. The zero-order valence-electron chi connectivity index (χ0n) is 18.4. The number of likely N-dealkylation sites (tertiary alicyclic amines) is 1. The monoisotopic (exact) mass is 426 g/mol. The molecule has 2 heterocycles. The fourth-order valence-corrected chi connectivity index (χ4v) is 3.64. The van der Waals surface area contributed by atoms with Crippen LogP contribution in [0.2, 0.25) is 0 Å². The van der Waals surface area contributed by atoms with E-state index in [9.17, 15) is 14.4 Å². The molecule has 0 saturated carbocycles. The van der Waals surface area contributed by atoms with Crippen LogP contribution < -0.4 is 5.32 Å². The number of hydrogen-bond donors (Lipinski definition) is 1. The number of nitrogens with one attached hydrogen (secondary N) is 1. The van der Waals surface area contributed by atoms with E-state index >= 15 is 0 Å². The number of hydrogen-bond acceptors (Lipinski definition) is 5. The van der Waals surface area contributed by atoms with Gasteiger partial charge in [0, 0.05) is 25.1 Å². The van der Waals surface area contributed by atoms with Crippen LogP contribution in [-0.2, 0) is 19.1 Å². The van der Waals surface area contributed by atoms with Crippen molar-refractivity contribution in [2.24, 2.45) is 0 Å². The molecule has 2 saturated heterocycles. The summed E-state index contributed by atoms with van der Waals surface area (Å²) in [7, 11) is 0. The summed E-state index contributed by atoms with van der Waals surface area (Å²) in [6.07, 6.45) is 2.25. The Hall–Kier alpha value is -2.85. The average Bonchev–Trinajstić information content (AvgIpc) is 2.71. The van der Waals surface area contributed by atoms with Crippen molar-refractivity contribution in [1.82, 2.24) is 10.2 Å². The smallest absolute Gasteiger partial charge is 0.410 e. The van der Waals surface area contributed by atoms with E-state index < -0.39 is 5.60 Å². The summed E-state index contributed by atoms with van der Waals surface area (Å²) >= 11 is 0. The van der Waals surface area contributed by atoms with Gasteiger partial charge in [0.15, 0.2) is 0 Å². The molecule has 2 fully saturated rings. The summed E-state index contributed by atoms with van der Waals surface area (Å²) in [6, 6.07) is 7.53. The van der Waals surface area contributed by atoms with Crippen molar-refractivity contribution in [2.75, 3.05) is 19.7 Å². The van der Waals surface area contributed by atoms with Gasteiger partial charge in [-0.25, -0.2) is 4.79 Å². The maximum atomic E-state index is 12.1. The minimum absolute atomic E-state index is 0.0860. The molecule has 2 aliphatic heterocycles. The maximum Gasteiger partial charge on any atom is 0.410 e. The number of carbonyl (C=O) groups excluding carboxylic acids is 3. The first-order valence-corrected chi connectivity index (χ1v) is 10.7. The van der Waals surface area contributed by atoms with Gasteiger partial charge in [0.1, 0.15) is 12.2 Å². The van der Waals surface area contributed by atoms with Crippen LogP contribution in [-0.4, -0.2) is 54.2 Å². The van der Waals surface area contributed by atoms with Gasteiger partial charge in [0.05, 0.1) is 12.0 Å². The Balaban J connectivity index is 1.41. The molecule has 2 aliphatic rings. The standard InChI is InChI=1S/C24H30N2O5/c1-24(2,3)31-23(29)26-14-12-19(13-15-26)30-16-4-5-17-6-8-18(9-7-17)20-10-11-21(27)25-22(20)28/h6-9,19-20H,10-16H2,1-3H3,(H,25,27,28). The molecular formula is C24H30N2O5. The number of nitrogens with zero attached hydrogens (tertiary/aromatic N) is 1. The van der Waals surface area contributed by atoms with Crippen molar-refractivity contribution in [3.05, 3.63) is 35.4 Å². The van der Waals surface area contributed by atoms with Gasteiger partial charge in [-0.15, -0.1) is 0 Å². The van der Waals surface area contributed by atoms with E-state index in [0.717, 1.165) is 24.0 Å². The van der Waals surface area contributed by atoms with Crippen molar-refractivity contribution in [3.8, 4) is 11.8 Å². The lowest BCUT2D eigenvalue weighted by molar-refractivity contribution is -0.134. The number of piperidine rings is 2. The third-order valence-electron chi connectivity index (χ3n) is 5.27. The topological polar surface area (TPSA) is 84.9 Å². The molecule has 166 valence electrons. The first-order chi connectivity index (χ1) is 14.7. The fourth-order valence-electron chi connectivity index (χ4n) is 3.64. The zero-order valence-corrected chi connectivity index (χ0v) is 18.4. The number of carbonyl (C=O) groups is 3. The van der Waals surface area contributed by atoms with Crippen LogP contribution in [0.1, 0.15) is 63.5 Å². The summed E-state index contributed by atoms with van der Waals surface area (Å²) in [5.74, 6) is 5.37. The van der Waals surface area contributed by atoms with Gasteiger partial charge in [0.25, 0.3) is 0 Å². The molecule has 1 aromatic rings. The number of rotatable bonds is 3. The summed E-state index contributed by atoms with van der Waals surface area (Å²) < 4.78 is 11.2. The molecule has 0 spiro atoms. The van der Waals surface area contributed by atoms with E-state index in [-0.39, 0.29) is 29.9 Å². The Bertz CT molecular complexity index is 868. The number of imide groups is 1. The van der Waals surface area contributed by atoms with Crippen molar-refractivity contribution in [2.45, 2.75) is 64.1 Å². The van der Waals surface area contributed by atoms with Gasteiger partial charge in [0.2, 0.25) is 11.8 Å². The van der Waals surface area contributed by atoms with E-state index in [0.29, 0.717) is 32.5 Å². The van der Waals surface area contributed by atoms with Crippen LogP contribution in [0.4, 0.5) is 4.79 Å². The van der Waals surface area contributed by atoms with Gasteiger partial charge >= 0.3 is 6.09 Å². The molecule has 0 aromatic heterocycles. The maximum absolute atomic E-state index is 12.1. The second-order valence-corrected chi connectivity index (χ2v) is 8.91. The third-order valence-corrected chi connectivity index (χ3v) is 5.27. The van der Waals surface area contributed by atoms with Crippen LogP contribution in [0, 0.1) is 11.8 Å². The molecule has 7 heteroatoms. The Morgan fingerprint density at radius 1 is 1.13 bits per heavy atom. The van der Waals surface area contributed by atoms with E-state index in [1.165, 1.54) is 0 Å². The summed E-state index contributed by atoms with van der Waals surface area (Å²) in [6.45, 7) is 7.15. The molecule has 1 unspecified atom stereocenters. The SMILES string of the molecule is CC(C)(C)OC(=O)N1CCC(OCC#Cc2ccc(C3CCC(=O)NC3=O)cc2)CC1. The van der Waals surface area contributed by atoms with Crippen molar-refractivity contribution < 1.29 is 23.9 Å². The highest BCUT2D eigenvalue weighted by Gasteiger charge is 2.28. The lowest BCUT2D eigenvalue weighted by Crippen LogP contribution is -2.43. The quantitative estimate of drug-likeness (QED) is 0.593. The minimum atomic E-state index is -0.486. The molecule has 1 N–H and O–H groups in total. The van der Waals surface area contributed by atoms with Gasteiger partial charge in [-0.2, -0.15) is 0 Å². The minimum Gasteiger partial charge on any atom is -0.444 e. The number of benzene rings is 1. The molecule has 0 bridgehead atoms. The van der Waals surface area contributed by atoms with Crippen LogP contribution in [0.5, 0.6) is 0 Å². The Labute approximate surface area is 183 Å². The summed E-state index contributed by atoms with van der Waals surface area (Å²) in [5.41, 5.74) is 1.25. The number of ether oxygens (including phenoxy) is 2. The van der Waals surface area contributed by atoms with Crippen LogP contribution in [0.25, 0.3) is 0 Å². The summed E-state index contributed by atoms with van der Waals surface area (Å²) in [5, 5.41) is 2.38. The molecule has 3 rings (SSSR count). The van der Waals surface area contributed by atoms with E-state index in [2.05, 4.69) is 17.2 Å². The van der Waals surface area contributed by atoms with Crippen LogP contribution in [0.15, 0.2) is 24.3 Å². The van der Waals surface area contributed by atoms with Gasteiger partial charge in [-0.05, 0) is 57.7 Å². The Morgan fingerprint density at radius 3 is 2.42 bits per heavy atom. The first-order valence-electron chi connectivity index (χ1n) is 10.7. The van der Waals surface area contributed by atoms with Crippen molar-refractivity contribution in [1.29, 1.82) is 0 Å². The molecule has 1 atom stereocenters. The van der Waals surface area contributed by atoms with Crippen LogP contribution >= 0.6 is 0 Å². The molecule has 3 amide bonds. The lowest BCUT2D eigenvalue weighted by atomic mass is 9.90. The highest BCUT2D eigenvalue weighted by Crippen LogP contribution is 2.24. The molecule has 0 radical (unpaired) electrons. The first kappa shape index (κ1) is 22.8. The highest BCUT2D eigenvalue weighted by molar-refractivity contribution is 6.00. The largest absolute Gasteiger partial charge is 0.444 e. The summed E-state index contributed by atoms with van der Waals surface area (Å²) in [4.78, 5) is 37.1. The molecule has 0 aliphatic carbocycles. The van der Waals surface area contributed by atoms with E-state index in [1.807, 2.05) is 45.0 Å². The fraction of sp³-hybridized carbons (Fsp3) is 0.542. The van der Waals surface area contributed by atoms with Crippen molar-refractivity contribution >= 4 is 17.9 Å². The van der Waals surface area contributed by atoms with Gasteiger partial charge in [-0.3, -0.25) is 14.9 Å². The second-order valence-electron chi connectivity index (χ2n) is 8.91. The van der Waals surface area contributed by atoms with Crippen molar-refractivity contribution in [3.63, 3.8) is 0 Å². The van der Waals surface area contributed by atoms with Gasteiger partial charge in [-0.1, -0.05) is 24.0 Å². The normalized spacial score (nSPS) is 20.0. The van der Waals surface area contributed by atoms with Crippen LogP contribution in [0.3, 0.4) is 0 Å². The number of amides is 3.